The molecule has 0 atom stereocenters. The smallest absolute Gasteiger partial charge is 0.117 e. The van der Waals surface area contributed by atoms with Crippen LogP contribution in [-0.4, -0.2) is 28.5 Å². The van der Waals surface area contributed by atoms with Gasteiger partial charge in [-0.05, 0) is 17.7 Å². The second-order valence-electron chi connectivity index (χ2n) is 5.52. The van der Waals surface area contributed by atoms with E-state index in [1.165, 1.54) is 11.1 Å². The summed E-state index contributed by atoms with van der Waals surface area (Å²) < 4.78 is 2.28. The molecule has 0 saturated carbocycles. The van der Waals surface area contributed by atoms with Crippen molar-refractivity contribution < 1.29 is 0 Å². The van der Waals surface area contributed by atoms with E-state index in [1.807, 2.05) is 12.1 Å². The molecule has 2 aromatic carbocycles. The summed E-state index contributed by atoms with van der Waals surface area (Å²) in [6, 6.07) is 18.8. The van der Waals surface area contributed by atoms with E-state index in [1.54, 1.807) is 0 Å². The summed E-state index contributed by atoms with van der Waals surface area (Å²) in [4.78, 5) is 9.35. The van der Waals surface area contributed by atoms with Crippen molar-refractivity contribution >= 4 is 16.9 Å². The molecule has 1 aliphatic heterocycles. The summed E-state index contributed by atoms with van der Waals surface area (Å²) in [5, 5.41) is 3.35. The molecule has 0 amide bonds. The third-order valence-corrected chi connectivity index (χ3v) is 3.99. The molecule has 4 nitrogen and oxygen atoms in total. The number of amidine groups is 1. The Labute approximate surface area is 129 Å². The van der Waals surface area contributed by atoms with Crippen molar-refractivity contribution in [2.45, 2.75) is 13.0 Å². The van der Waals surface area contributed by atoms with Gasteiger partial charge in [0.25, 0.3) is 0 Å². The first-order valence-corrected chi connectivity index (χ1v) is 7.65. The van der Waals surface area contributed by atoms with E-state index in [2.05, 4.69) is 57.3 Å². The fourth-order valence-electron chi connectivity index (χ4n) is 2.92. The Morgan fingerprint density at radius 3 is 2.64 bits per heavy atom. The van der Waals surface area contributed by atoms with Crippen LogP contribution >= 0.6 is 0 Å². The summed E-state index contributed by atoms with van der Waals surface area (Å²) >= 11 is 0. The van der Waals surface area contributed by atoms with Gasteiger partial charge in [0.2, 0.25) is 0 Å². The van der Waals surface area contributed by atoms with Gasteiger partial charge in [0, 0.05) is 13.0 Å². The van der Waals surface area contributed by atoms with E-state index in [0.717, 1.165) is 43.2 Å². The van der Waals surface area contributed by atoms with E-state index in [0.29, 0.717) is 0 Å². The summed E-state index contributed by atoms with van der Waals surface area (Å²) in [5.41, 5.74) is 3.50. The van der Waals surface area contributed by atoms with E-state index in [9.17, 15) is 0 Å². The minimum atomic E-state index is 0.767. The third kappa shape index (κ3) is 2.48. The number of aliphatic imine (C=N–C) groups is 1. The molecule has 3 aromatic rings. The Hall–Kier alpha value is -2.62. The number of hydrogen-bond acceptors (Lipinski definition) is 3. The van der Waals surface area contributed by atoms with Crippen LogP contribution in [0.15, 0.2) is 59.6 Å². The molecule has 0 bridgehead atoms. The fourth-order valence-corrected chi connectivity index (χ4v) is 2.92. The van der Waals surface area contributed by atoms with Gasteiger partial charge in [-0.1, -0.05) is 42.5 Å². The van der Waals surface area contributed by atoms with Crippen LogP contribution in [-0.2, 0) is 13.0 Å². The maximum atomic E-state index is 4.83. The molecule has 0 spiro atoms. The first-order valence-electron chi connectivity index (χ1n) is 7.65. The first-order chi connectivity index (χ1) is 10.9. The van der Waals surface area contributed by atoms with Gasteiger partial charge in [-0.3, -0.25) is 4.99 Å². The van der Waals surface area contributed by atoms with Crippen LogP contribution in [0.25, 0.3) is 11.0 Å². The fraction of sp³-hybridized carbons (Fsp3) is 0.222. The summed E-state index contributed by atoms with van der Waals surface area (Å²) in [7, 11) is 0. The lowest BCUT2D eigenvalue weighted by molar-refractivity contribution is 0.787. The standard InChI is InChI=1S/C18H18N4/c1-2-6-14(7-3-1)12-18-21-15-8-4-5-9-16(15)22(18)13-17-19-10-11-20-17/h1-9H,10-13H2,(H,19,20). The highest BCUT2D eigenvalue weighted by atomic mass is 15.2. The number of imidazole rings is 1. The molecule has 1 N–H and O–H groups in total. The van der Waals surface area contributed by atoms with Crippen LogP contribution < -0.4 is 5.32 Å². The lowest BCUT2D eigenvalue weighted by Gasteiger charge is -2.10. The average Bonchev–Trinajstić information content (AvgIpc) is 3.18. The number of fused-ring (bicyclic) bond motifs is 1. The Morgan fingerprint density at radius 2 is 1.82 bits per heavy atom. The van der Waals surface area contributed by atoms with E-state index in [4.69, 9.17) is 4.98 Å². The molecule has 0 saturated heterocycles. The zero-order valence-electron chi connectivity index (χ0n) is 12.4. The largest absolute Gasteiger partial charge is 0.370 e. The number of hydrogen-bond donors (Lipinski definition) is 1. The second-order valence-corrected chi connectivity index (χ2v) is 5.52. The van der Waals surface area contributed by atoms with Gasteiger partial charge in [0.05, 0.1) is 24.1 Å². The predicted molar refractivity (Wildman–Crippen MR) is 89.3 cm³/mol. The molecule has 4 heteroatoms. The molecule has 110 valence electrons. The normalized spacial score (nSPS) is 14.1. The van der Waals surface area contributed by atoms with Gasteiger partial charge in [0.1, 0.15) is 11.7 Å². The zero-order valence-corrected chi connectivity index (χ0v) is 12.4. The lowest BCUT2D eigenvalue weighted by Crippen LogP contribution is -2.24. The van der Waals surface area contributed by atoms with Gasteiger partial charge in [-0.2, -0.15) is 0 Å². The van der Waals surface area contributed by atoms with Crippen molar-refractivity contribution in [2.75, 3.05) is 13.1 Å². The predicted octanol–water partition coefficient (Wildman–Crippen LogP) is 2.63. The van der Waals surface area contributed by atoms with Crippen LogP contribution in [0.5, 0.6) is 0 Å². The molecule has 1 aromatic heterocycles. The molecule has 2 heterocycles. The van der Waals surface area contributed by atoms with Crippen LogP contribution in [0, 0.1) is 0 Å². The lowest BCUT2D eigenvalue weighted by atomic mass is 10.1. The topological polar surface area (TPSA) is 42.2 Å². The minimum absolute atomic E-state index is 0.767. The number of nitrogens with one attached hydrogen (secondary N) is 1. The van der Waals surface area contributed by atoms with Crippen LogP contribution in [0.4, 0.5) is 0 Å². The number of benzene rings is 2. The summed E-state index contributed by atoms with van der Waals surface area (Å²) in [6.45, 7) is 2.58. The van der Waals surface area contributed by atoms with Crippen molar-refractivity contribution in [3.63, 3.8) is 0 Å². The van der Waals surface area contributed by atoms with Crippen LogP contribution in [0.1, 0.15) is 11.4 Å². The van der Waals surface area contributed by atoms with Crippen LogP contribution in [0.3, 0.4) is 0 Å². The van der Waals surface area contributed by atoms with Crippen molar-refractivity contribution in [2.24, 2.45) is 4.99 Å². The minimum Gasteiger partial charge on any atom is -0.370 e. The average molecular weight is 290 g/mol. The monoisotopic (exact) mass is 290 g/mol. The van der Waals surface area contributed by atoms with Gasteiger partial charge < -0.3 is 9.88 Å². The Bertz CT molecular complexity index is 817. The van der Waals surface area contributed by atoms with E-state index in [-0.39, 0.29) is 0 Å². The van der Waals surface area contributed by atoms with Gasteiger partial charge >= 0.3 is 0 Å². The molecule has 22 heavy (non-hydrogen) atoms. The number of aromatic nitrogens is 2. The van der Waals surface area contributed by atoms with Crippen molar-refractivity contribution in [3.8, 4) is 0 Å². The van der Waals surface area contributed by atoms with Gasteiger partial charge in [-0.25, -0.2) is 4.98 Å². The highest BCUT2D eigenvalue weighted by Gasteiger charge is 2.14. The van der Waals surface area contributed by atoms with Gasteiger partial charge in [0.15, 0.2) is 0 Å². The summed E-state index contributed by atoms with van der Waals surface area (Å²) in [6.07, 6.45) is 0.836. The SMILES string of the molecule is c1ccc(Cc2nc3ccccc3n2CC2=NCCN2)cc1. The molecule has 4 rings (SSSR count). The molecule has 0 radical (unpaired) electrons. The number of rotatable bonds is 4. The molecule has 0 fully saturated rings. The quantitative estimate of drug-likeness (QED) is 0.802. The molecule has 1 aliphatic rings. The zero-order chi connectivity index (χ0) is 14.8. The number of para-hydroxylation sites is 2. The highest BCUT2D eigenvalue weighted by molar-refractivity contribution is 5.85. The Balaban J connectivity index is 1.75. The molecule has 0 unspecified atom stereocenters. The third-order valence-electron chi connectivity index (χ3n) is 3.99. The summed E-state index contributed by atoms with van der Waals surface area (Å²) in [5.74, 6) is 2.14. The highest BCUT2D eigenvalue weighted by Crippen LogP contribution is 2.18. The maximum absolute atomic E-state index is 4.83. The van der Waals surface area contributed by atoms with Crippen LogP contribution in [0.2, 0.25) is 0 Å². The number of nitrogens with zero attached hydrogens (tertiary/aromatic N) is 3. The van der Waals surface area contributed by atoms with Crippen molar-refractivity contribution in [3.05, 3.63) is 66.0 Å². The Morgan fingerprint density at radius 1 is 1.00 bits per heavy atom. The van der Waals surface area contributed by atoms with Crippen molar-refractivity contribution in [1.82, 2.24) is 14.9 Å². The Kier molecular flexibility index (Phi) is 3.35. The van der Waals surface area contributed by atoms with E-state index >= 15 is 0 Å². The molecular formula is C18H18N4. The van der Waals surface area contributed by atoms with Gasteiger partial charge in [-0.15, -0.1) is 0 Å². The molecular weight excluding hydrogens is 272 g/mol. The van der Waals surface area contributed by atoms with E-state index < -0.39 is 0 Å². The van der Waals surface area contributed by atoms with Crippen molar-refractivity contribution in [1.29, 1.82) is 0 Å². The maximum Gasteiger partial charge on any atom is 0.117 e. The first kappa shape index (κ1) is 13.1. The second kappa shape index (κ2) is 5.64. The molecule has 0 aliphatic carbocycles.